The zero-order valence-corrected chi connectivity index (χ0v) is 7.84. The van der Waals surface area contributed by atoms with E-state index in [4.69, 9.17) is 21.7 Å². The number of hydrogen-bond acceptors (Lipinski definition) is 5. The number of nitrogens with two attached hydrogens (primary N) is 2. The topological polar surface area (TPSA) is 113 Å². The van der Waals surface area contributed by atoms with Crippen molar-refractivity contribution in [3.05, 3.63) is 0 Å². The summed E-state index contributed by atoms with van der Waals surface area (Å²) in [5.74, 6) is -1.13. The van der Waals surface area contributed by atoms with Gasteiger partial charge in [0.1, 0.15) is 6.04 Å². The molecule has 0 aliphatic carbocycles. The van der Waals surface area contributed by atoms with Crippen LogP contribution in [0.5, 0.6) is 0 Å². The summed E-state index contributed by atoms with van der Waals surface area (Å²) in [4.78, 5) is 12.0. The molecule has 0 aliphatic heterocycles. The third-order valence-electron chi connectivity index (χ3n) is 1.76. The quantitative estimate of drug-likeness (QED) is 0.387. The second kappa shape index (κ2) is 5.13. The highest BCUT2D eigenvalue weighted by molar-refractivity contribution is 5.73. The summed E-state index contributed by atoms with van der Waals surface area (Å²) in [6, 6.07) is -1.04. The van der Waals surface area contributed by atoms with E-state index in [2.05, 4.69) is 0 Å². The van der Waals surface area contributed by atoms with E-state index in [1.165, 1.54) is 4.90 Å². The largest absolute Gasteiger partial charge is 0.480 e. The number of carbonyl (C=O) groups is 1. The second-order valence-electron chi connectivity index (χ2n) is 2.97. The Balaban J connectivity index is 4.59. The van der Waals surface area contributed by atoms with Gasteiger partial charge in [-0.3, -0.25) is 9.69 Å². The molecule has 0 aromatic rings. The van der Waals surface area contributed by atoms with Crippen molar-refractivity contribution in [3.8, 4) is 0 Å². The first-order chi connectivity index (χ1) is 5.91. The summed E-state index contributed by atoms with van der Waals surface area (Å²) < 4.78 is 0. The molecule has 0 bridgehead atoms. The molecule has 0 saturated carbocycles. The molecule has 0 aliphatic rings. The van der Waals surface area contributed by atoms with Crippen molar-refractivity contribution >= 4 is 5.97 Å². The van der Waals surface area contributed by atoms with Gasteiger partial charge in [-0.25, -0.2) is 0 Å². The minimum Gasteiger partial charge on any atom is -0.480 e. The van der Waals surface area contributed by atoms with Gasteiger partial charge in [0, 0.05) is 0 Å². The van der Waals surface area contributed by atoms with Crippen molar-refractivity contribution in [3.63, 3.8) is 0 Å². The van der Waals surface area contributed by atoms with Crippen molar-refractivity contribution < 1.29 is 15.0 Å². The molecule has 0 aromatic heterocycles. The Bertz CT molecular complexity index is 164. The molecule has 3 unspecified atom stereocenters. The van der Waals surface area contributed by atoms with E-state index < -0.39 is 30.9 Å². The predicted molar refractivity (Wildman–Crippen MR) is 47.6 cm³/mol. The number of aliphatic carboxylic acids is 1. The molecule has 0 aromatic carbocycles. The number of aliphatic hydroxyl groups excluding tert-OH is 1. The Morgan fingerprint density at radius 2 is 1.77 bits per heavy atom. The molecule has 0 amide bonds. The van der Waals surface area contributed by atoms with Crippen LogP contribution in [0, 0.1) is 0 Å². The van der Waals surface area contributed by atoms with Gasteiger partial charge in [-0.2, -0.15) is 0 Å². The lowest BCUT2D eigenvalue weighted by Crippen LogP contribution is -2.58. The van der Waals surface area contributed by atoms with Crippen LogP contribution in [0.2, 0.25) is 0 Å². The molecule has 3 atom stereocenters. The summed E-state index contributed by atoms with van der Waals surface area (Å²) >= 11 is 0. The minimum absolute atomic E-state index is 0.502. The molecular formula is C7H17N3O3. The van der Waals surface area contributed by atoms with Gasteiger partial charge in [0.05, 0.1) is 18.9 Å². The number of aliphatic hydroxyl groups is 1. The third kappa shape index (κ3) is 3.27. The van der Waals surface area contributed by atoms with E-state index in [1.54, 1.807) is 13.8 Å². The fourth-order valence-corrected chi connectivity index (χ4v) is 1.24. The molecule has 0 fully saturated rings. The van der Waals surface area contributed by atoms with Crippen LogP contribution in [0.25, 0.3) is 0 Å². The highest BCUT2D eigenvalue weighted by Gasteiger charge is 2.29. The summed E-state index contributed by atoms with van der Waals surface area (Å²) in [6.07, 6.45) is -1.01. The standard InChI is InChI=1S/C7H17N3O3/c1-4(8)10(5(2)9)6(3-11)7(12)13/h4-6,11H,3,8-9H2,1-2H3,(H,12,13). The van der Waals surface area contributed by atoms with E-state index in [1.807, 2.05) is 0 Å². The third-order valence-corrected chi connectivity index (χ3v) is 1.76. The zero-order chi connectivity index (χ0) is 10.6. The highest BCUT2D eigenvalue weighted by atomic mass is 16.4. The first kappa shape index (κ1) is 12.3. The van der Waals surface area contributed by atoms with Crippen molar-refractivity contribution in [2.45, 2.75) is 32.2 Å². The average molecular weight is 191 g/mol. The lowest BCUT2D eigenvalue weighted by Gasteiger charge is -2.33. The van der Waals surface area contributed by atoms with E-state index in [-0.39, 0.29) is 0 Å². The van der Waals surface area contributed by atoms with Gasteiger partial charge in [-0.05, 0) is 13.8 Å². The van der Waals surface area contributed by atoms with Crippen LogP contribution in [0.15, 0.2) is 0 Å². The molecule has 0 radical (unpaired) electrons. The fraction of sp³-hybridized carbons (Fsp3) is 0.857. The Morgan fingerprint density at radius 3 is 1.85 bits per heavy atom. The number of carboxylic acid groups (broad SMARTS) is 1. The molecule has 6 nitrogen and oxygen atoms in total. The number of carboxylic acids is 1. The molecule has 6 N–H and O–H groups in total. The maximum absolute atomic E-state index is 10.7. The van der Waals surface area contributed by atoms with Crippen LogP contribution in [0.3, 0.4) is 0 Å². The summed E-state index contributed by atoms with van der Waals surface area (Å²) in [5.41, 5.74) is 11.0. The monoisotopic (exact) mass is 191 g/mol. The van der Waals surface area contributed by atoms with Crippen LogP contribution < -0.4 is 11.5 Å². The second-order valence-corrected chi connectivity index (χ2v) is 2.97. The molecule has 0 saturated heterocycles. The maximum atomic E-state index is 10.7. The molecule has 0 heterocycles. The van der Waals surface area contributed by atoms with Crippen molar-refractivity contribution in [1.82, 2.24) is 4.90 Å². The molecule has 0 spiro atoms. The first-order valence-electron chi connectivity index (χ1n) is 4.04. The minimum atomic E-state index is -1.13. The van der Waals surface area contributed by atoms with Crippen LogP contribution in [-0.2, 0) is 4.79 Å². The van der Waals surface area contributed by atoms with E-state index >= 15 is 0 Å². The van der Waals surface area contributed by atoms with Gasteiger partial charge in [-0.1, -0.05) is 0 Å². The van der Waals surface area contributed by atoms with Gasteiger partial charge in [0.15, 0.2) is 0 Å². The first-order valence-corrected chi connectivity index (χ1v) is 4.04. The number of nitrogens with zero attached hydrogens (tertiary/aromatic N) is 1. The van der Waals surface area contributed by atoms with Gasteiger partial charge < -0.3 is 21.7 Å². The van der Waals surface area contributed by atoms with Gasteiger partial charge in [0.25, 0.3) is 0 Å². The Hall–Kier alpha value is -0.690. The molecular weight excluding hydrogens is 174 g/mol. The predicted octanol–water partition coefficient (Wildman–Crippen LogP) is -1.66. The van der Waals surface area contributed by atoms with Crippen molar-refractivity contribution in [2.75, 3.05) is 6.61 Å². The van der Waals surface area contributed by atoms with Crippen LogP contribution in [0.1, 0.15) is 13.8 Å². The Morgan fingerprint density at radius 1 is 1.38 bits per heavy atom. The van der Waals surface area contributed by atoms with Gasteiger partial charge in [-0.15, -0.1) is 0 Å². The normalized spacial score (nSPS) is 18.3. The zero-order valence-electron chi connectivity index (χ0n) is 7.84. The van der Waals surface area contributed by atoms with Crippen LogP contribution >= 0.6 is 0 Å². The van der Waals surface area contributed by atoms with Gasteiger partial charge in [0.2, 0.25) is 0 Å². The Kier molecular flexibility index (Phi) is 4.86. The lowest BCUT2D eigenvalue weighted by molar-refractivity contribution is -0.147. The highest BCUT2D eigenvalue weighted by Crippen LogP contribution is 2.05. The van der Waals surface area contributed by atoms with E-state index in [9.17, 15) is 4.79 Å². The van der Waals surface area contributed by atoms with Crippen molar-refractivity contribution in [2.24, 2.45) is 11.5 Å². The molecule has 6 heteroatoms. The van der Waals surface area contributed by atoms with Gasteiger partial charge >= 0.3 is 5.97 Å². The van der Waals surface area contributed by atoms with Crippen LogP contribution in [0.4, 0.5) is 0 Å². The number of rotatable bonds is 5. The fourth-order valence-electron chi connectivity index (χ4n) is 1.24. The SMILES string of the molecule is CC(N)N(C(C)N)C(CO)C(=O)O. The molecule has 13 heavy (non-hydrogen) atoms. The number of hydrogen-bond donors (Lipinski definition) is 4. The van der Waals surface area contributed by atoms with Crippen LogP contribution in [-0.4, -0.2) is 46.1 Å². The summed E-state index contributed by atoms with van der Waals surface area (Å²) in [5, 5.41) is 17.6. The summed E-state index contributed by atoms with van der Waals surface area (Å²) in [7, 11) is 0. The van der Waals surface area contributed by atoms with E-state index in [0.29, 0.717) is 0 Å². The smallest absolute Gasteiger partial charge is 0.323 e. The summed E-state index contributed by atoms with van der Waals surface area (Å²) in [6.45, 7) is 2.74. The average Bonchev–Trinajstić information content (AvgIpc) is 1.97. The molecule has 0 rings (SSSR count). The lowest BCUT2D eigenvalue weighted by atomic mass is 10.2. The maximum Gasteiger partial charge on any atom is 0.323 e. The Labute approximate surface area is 77.1 Å². The van der Waals surface area contributed by atoms with E-state index in [0.717, 1.165) is 0 Å². The van der Waals surface area contributed by atoms with Crippen molar-refractivity contribution in [1.29, 1.82) is 0 Å². The molecule has 78 valence electrons.